The number of nitrogens with zero attached hydrogens (tertiary/aromatic N) is 3. The van der Waals surface area contributed by atoms with Crippen molar-refractivity contribution < 1.29 is 19.0 Å². The number of hydrogen-bond donors (Lipinski definition) is 1. The van der Waals surface area contributed by atoms with Crippen LogP contribution in [-0.2, 0) is 4.79 Å². The van der Waals surface area contributed by atoms with Gasteiger partial charge in [-0.15, -0.1) is 11.7 Å². The van der Waals surface area contributed by atoms with Gasteiger partial charge in [-0.2, -0.15) is 4.99 Å². The molecule has 0 fully saturated rings. The standard InChI is InChI=1S/C23H23ClN4O4S/c1-2-10-28-14-22(32-18-7-4-16(24)5-8-18)26-23(27-28)33-15-21(29)25-17-6-9-19-20(13-17)31-12-3-11-30-19/h2,4-9,13H,1,3,10-12,14-15H2,(H,25,29). The number of amidine groups is 1. The zero-order chi connectivity index (χ0) is 23.0. The predicted octanol–water partition coefficient (Wildman–Crippen LogP) is 4.42. The first-order chi connectivity index (χ1) is 16.1. The molecule has 2 aliphatic heterocycles. The molecule has 0 radical (unpaired) electrons. The minimum atomic E-state index is -0.187. The molecule has 0 saturated carbocycles. The molecule has 0 saturated heterocycles. The number of aliphatic imine (C=N–C) groups is 1. The van der Waals surface area contributed by atoms with Gasteiger partial charge in [-0.05, 0) is 36.4 Å². The van der Waals surface area contributed by atoms with E-state index in [1.165, 1.54) is 11.8 Å². The fourth-order valence-electron chi connectivity index (χ4n) is 3.05. The highest BCUT2D eigenvalue weighted by Gasteiger charge is 2.18. The highest BCUT2D eigenvalue weighted by molar-refractivity contribution is 8.14. The molecule has 0 spiro atoms. The summed E-state index contributed by atoms with van der Waals surface area (Å²) in [4.78, 5) is 17.0. The molecule has 2 aliphatic rings. The quantitative estimate of drug-likeness (QED) is 0.608. The Kier molecular flexibility index (Phi) is 7.74. The lowest BCUT2D eigenvalue weighted by Gasteiger charge is -2.23. The number of fused-ring (bicyclic) bond motifs is 1. The van der Waals surface area contributed by atoms with Crippen LogP contribution in [0.5, 0.6) is 17.2 Å². The Hall–Kier alpha value is -3.17. The lowest BCUT2D eigenvalue weighted by atomic mass is 10.2. The number of benzene rings is 2. The molecule has 2 aromatic carbocycles. The Balaban J connectivity index is 1.37. The number of carbonyl (C=O) groups is 1. The molecule has 8 nitrogen and oxygen atoms in total. The second kappa shape index (κ2) is 11.1. The summed E-state index contributed by atoms with van der Waals surface area (Å²) in [7, 11) is 0. The molecule has 4 rings (SSSR count). The molecule has 1 amide bonds. The van der Waals surface area contributed by atoms with Crippen LogP contribution in [0.1, 0.15) is 6.42 Å². The van der Waals surface area contributed by atoms with Crippen LogP contribution in [0.3, 0.4) is 0 Å². The van der Waals surface area contributed by atoms with E-state index >= 15 is 0 Å². The third-order valence-corrected chi connectivity index (χ3v) is 5.61. The third kappa shape index (κ3) is 6.66. The molecule has 0 atom stereocenters. The summed E-state index contributed by atoms with van der Waals surface area (Å²) in [5, 5.41) is 10.2. The normalized spacial score (nSPS) is 15.1. The van der Waals surface area contributed by atoms with Gasteiger partial charge < -0.3 is 19.5 Å². The molecule has 1 N–H and O–H groups in total. The minimum Gasteiger partial charge on any atom is -0.490 e. The number of ether oxygens (including phenoxy) is 3. The Labute approximate surface area is 201 Å². The summed E-state index contributed by atoms with van der Waals surface area (Å²) in [6.45, 7) is 5.87. The molecular formula is C23H23ClN4O4S. The van der Waals surface area contributed by atoms with Crippen LogP contribution in [0, 0.1) is 0 Å². The number of halogens is 1. The zero-order valence-corrected chi connectivity index (χ0v) is 19.4. The van der Waals surface area contributed by atoms with Crippen LogP contribution in [0.2, 0.25) is 5.02 Å². The fourth-order valence-corrected chi connectivity index (χ4v) is 3.85. The number of thioether (sulfide) groups is 1. The highest BCUT2D eigenvalue weighted by atomic mass is 35.5. The van der Waals surface area contributed by atoms with Crippen molar-refractivity contribution in [2.45, 2.75) is 6.42 Å². The smallest absolute Gasteiger partial charge is 0.234 e. The fraction of sp³-hybridized carbons (Fsp3) is 0.261. The van der Waals surface area contributed by atoms with E-state index < -0.39 is 0 Å². The van der Waals surface area contributed by atoms with Crippen molar-refractivity contribution >= 4 is 46.0 Å². The first-order valence-electron chi connectivity index (χ1n) is 10.4. The summed E-state index contributed by atoms with van der Waals surface area (Å²) in [5.74, 6) is 2.35. The molecule has 2 heterocycles. The second-order valence-electron chi connectivity index (χ2n) is 7.13. The Morgan fingerprint density at radius 3 is 2.79 bits per heavy atom. The monoisotopic (exact) mass is 486 g/mol. The average molecular weight is 487 g/mol. The maximum Gasteiger partial charge on any atom is 0.234 e. The van der Waals surface area contributed by atoms with Crippen LogP contribution < -0.4 is 19.5 Å². The molecule has 33 heavy (non-hydrogen) atoms. The molecule has 0 aliphatic carbocycles. The van der Waals surface area contributed by atoms with Crippen molar-refractivity contribution in [2.75, 3.05) is 37.4 Å². The van der Waals surface area contributed by atoms with Crippen molar-refractivity contribution in [1.29, 1.82) is 0 Å². The zero-order valence-electron chi connectivity index (χ0n) is 17.8. The minimum absolute atomic E-state index is 0.132. The maximum atomic E-state index is 12.5. The summed E-state index contributed by atoms with van der Waals surface area (Å²) in [5.41, 5.74) is 0.638. The average Bonchev–Trinajstić information content (AvgIpc) is 3.04. The van der Waals surface area contributed by atoms with Crippen molar-refractivity contribution in [3.63, 3.8) is 0 Å². The Morgan fingerprint density at radius 1 is 1.21 bits per heavy atom. The number of rotatable bonds is 6. The van der Waals surface area contributed by atoms with Gasteiger partial charge in [0.1, 0.15) is 12.3 Å². The summed E-state index contributed by atoms with van der Waals surface area (Å²) < 4.78 is 17.2. The molecule has 172 valence electrons. The van der Waals surface area contributed by atoms with Gasteiger partial charge >= 0.3 is 0 Å². The largest absolute Gasteiger partial charge is 0.490 e. The van der Waals surface area contributed by atoms with Crippen molar-refractivity contribution in [1.82, 2.24) is 5.01 Å². The second-order valence-corrected chi connectivity index (χ2v) is 8.51. The Morgan fingerprint density at radius 2 is 2.00 bits per heavy atom. The first-order valence-corrected chi connectivity index (χ1v) is 11.7. The van der Waals surface area contributed by atoms with Crippen LogP contribution in [-0.4, -0.2) is 54.0 Å². The lowest BCUT2D eigenvalue weighted by molar-refractivity contribution is -0.113. The van der Waals surface area contributed by atoms with Crippen molar-refractivity contribution in [3.05, 3.63) is 60.1 Å². The van der Waals surface area contributed by atoms with Gasteiger partial charge in [0.25, 0.3) is 0 Å². The van der Waals surface area contributed by atoms with Gasteiger partial charge in [-0.3, -0.25) is 9.80 Å². The van der Waals surface area contributed by atoms with Gasteiger partial charge in [-0.1, -0.05) is 29.4 Å². The number of anilines is 1. The number of nitrogens with one attached hydrogen (secondary N) is 1. The van der Waals surface area contributed by atoms with E-state index in [2.05, 4.69) is 22.0 Å². The molecule has 0 bridgehead atoms. The van der Waals surface area contributed by atoms with Gasteiger partial charge in [0.05, 0.1) is 25.5 Å². The molecule has 0 aromatic heterocycles. The van der Waals surface area contributed by atoms with E-state index in [1.54, 1.807) is 53.5 Å². The summed E-state index contributed by atoms with van der Waals surface area (Å²) in [6, 6.07) is 12.4. The molecule has 10 heteroatoms. The predicted molar refractivity (Wildman–Crippen MR) is 132 cm³/mol. The first kappa shape index (κ1) is 23.0. The van der Waals surface area contributed by atoms with E-state index in [1.807, 2.05) is 0 Å². The van der Waals surface area contributed by atoms with E-state index in [0.29, 0.717) is 65.3 Å². The lowest BCUT2D eigenvalue weighted by Crippen LogP contribution is -2.33. The topological polar surface area (TPSA) is 84.8 Å². The Bertz CT molecular complexity index is 1070. The van der Waals surface area contributed by atoms with Crippen molar-refractivity contribution in [2.24, 2.45) is 10.1 Å². The van der Waals surface area contributed by atoms with Crippen LogP contribution in [0.15, 0.2) is 65.2 Å². The van der Waals surface area contributed by atoms with Gasteiger partial charge in [0.15, 0.2) is 11.5 Å². The number of hydrogen-bond acceptors (Lipinski definition) is 8. The van der Waals surface area contributed by atoms with Gasteiger partial charge in [0, 0.05) is 23.2 Å². The summed E-state index contributed by atoms with van der Waals surface area (Å²) >= 11 is 7.16. The SMILES string of the molecule is C=CCN1CC(Oc2ccc(Cl)cc2)=NC(SCC(=O)Nc2ccc3c(c2)OCCCO3)=N1. The van der Waals surface area contributed by atoms with Gasteiger partial charge in [0.2, 0.25) is 17.0 Å². The van der Waals surface area contributed by atoms with E-state index in [-0.39, 0.29) is 11.7 Å². The summed E-state index contributed by atoms with van der Waals surface area (Å²) in [6.07, 6.45) is 2.57. The molecular weight excluding hydrogens is 464 g/mol. The molecule has 0 unspecified atom stereocenters. The van der Waals surface area contributed by atoms with Crippen LogP contribution in [0.25, 0.3) is 0 Å². The van der Waals surface area contributed by atoms with Crippen LogP contribution >= 0.6 is 23.4 Å². The van der Waals surface area contributed by atoms with Gasteiger partial charge in [-0.25, -0.2) is 0 Å². The van der Waals surface area contributed by atoms with Crippen molar-refractivity contribution in [3.8, 4) is 17.2 Å². The number of hydrazone groups is 1. The number of amides is 1. The van der Waals surface area contributed by atoms with E-state index in [9.17, 15) is 4.79 Å². The number of carbonyl (C=O) groups excluding carboxylic acids is 1. The van der Waals surface area contributed by atoms with Crippen LogP contribution in [0.4, 0.5) is 5.69 Å². The molecule has 2 aromatic rings. The maximum absolute atomic E-state index is 12.5. The van der Waals surface area contributed by atoms with E-state index in [4.69, 9.17) is 25.8 Å². The highest BCUT2D eigenvalue weighted by Crippen LogP contribution is 2.32. The third-order valence-electron chi connectivity index (χ3n) is 4.52. The van der Waals surface area contributed by atoms with E-state index in [0.717, 1.165) is 6.42 Å².